The lowest BCUT2D eigenvalue weighted by molar-refractivity contribution is 0.473. The van der Waals surface area contributed by atoms with Crippen molar-refractivity contribution in [2.75, 3.05) is 6.54 Å². The fourth-order valence-electron chi connectivity index (χ4n) is 1.02. The maximum absolute atomic E-state index is 9.23. The second kappa shape index (κ2) is 5.32. The van der Waals surface area contributed by atoms with E-state index in [-0.39, 0.29) is 17.9 Å². The molecule has 0 amide bonds. The van der Waals surface area contributed by atoms with Gasteiger partial charge in [-0.05, 0) is 23.2 Å². The highest BCUT2D eigenvalue weighted by molar-refractivity contribution is 5.56. The molecule has 0 aliphatic carbocycles. The van der Waals surface area contributed by atoms with Gasteiger partial charge in [0.2, 0.25) is 0 Å². The molecule has 0 saturated heterocycles. The Kier molecular flexibility index (Phi) is 3.78. The summed E-state index contributed by atoms with van der Waals surface area (Å²) in [4.78, 5) is 2.60. The zero-order valence-electron chi connectivity index (χ0n) is 7.83. The number of aromatic hydroxyl groups is 1. The van der Waals surface area contributed by atoms with Crippen molar-refractivity contribution in [2.24, 2.45) is 5.11 Å². The highest BCUT2D eigenvalue weighted by Gasteiger charge is 1.98. The van der Waals surface area contributed by atoms with Gasteiger partial charge in [0.1, 0.15) is 11.8 Å². The smallest absolute Gasteiger partial charge is 0.133 e. The van der Waals surface area contributed by atoms with Crippen LogP contribution in [0.3, 0.4) is 0 Å². The normalized spacial score (nSPS) is 9.53. The molecule has 0 atom stereocenters. The largest absolute Gasteiger partial charge is 0.507 e. The molecule has 15 heavy (non-hydrogen) atoms. The molecule has 0 aliphatic heterocycles. The molecule has 0 spiro atoms. The number of nitriles is 1. The molecule has 1 rings (SSSR count). The van der Waals surface area contributed by atoms with Crippen LogP contribution in [0.2, 0.25) is 0 Å². The highest BCUT2D eigenvalue weighted by atomic mass is 16.3. The van der Waals surface area contributed by atoms with Crippen molar-refractivity contribution in [3.05, 3.63) is 45.8 Å². The van der Waals surface area contributed by atoms with Crippen molar-refractivity contribution in [3.8, 4) is 11.8 Å². The molecular formula is C10H8N4O. The number of phenolic OH excluding ortho intramolecular Hbond substituents is 1. The zero-order chi connectivity index (χ0) is 11.1. The van der Waals surface area contributed by atoms with Crippen LogP contribution >= 0.6 is 0 Å². The molecule has 0 aromatic heterocycles. The van der Waals surface area contributed by atoms with Crippen LogP contribution in [0.15, 0.2) is 29.4 Å². The number of benzene rings is 1. The Bertz CT molecular complexity index is 467. The van der Waals surface area contributed by atoms with Crippen LogP contribution in [0.4, 0.5) is 0 Å². The first-order chi connectivity index (χ1) is 7.27. The van der Waals surface area contributed by atoms with E-state index in [0.717, 1.165) is 5.56 Å². The Morgan fingerprint density at radius 2 is 2.40 bits per heavy atom. The molecule has 0 aliphatic rings. The Labute approximate surface area is 86.5 Å². The van der Waals surface area contributed by atoms with Crippen LogP contribution in [-0.4, -0.2) is 11.7 Å². The van der Waals surface area contributed by atoms with Gasteiger partial charge in [0.25, 0.3) is 0 Å². The van der Waals surface area contributed by atoms with Crippen molar-refractivity contribution < 1.29 is 5.11 Å². The second-order valence-corrected chi connectivity index (χ2v) is 2.70. The molecule has 74 valence electrons. The third-order valence-electron chi connectivity index (χ3n) is 1.70. The molecule has 1 N–H and O–H groups in total. The van der Waals surface area contributed by atoms with Crippen molar-refractivity contribution in [1.82, 2.24) is 0 Å². The van der Waals surface area contributed by atoms with E-state index < -0.39 is 0 Å². The van der Waals surface area contributed by atoms with Crippen LogP contribution < -0.4 is 0 Å². The molecule has 1 aromatic rings. The third-order valence-corrected chi connectivity index (χ3v) is 1.70. The minimum absolute atomic E-state index is 0.0373. The Balaban J connectivity index is 2.84. The minimum atomic E-state index is -0.0373. The van der Waals surface area contributed by atoms with Crippen LogP contribution in [-0.2, 0) is 0 Å². The van der Waals surface area contributed by atoms with Gasteiger partial charge in [-0.3, -0.25) is 0 Å². The van der Waals surface area contributed by atoms with Crippen molar-refractivity contribution >= 4 is 6.08 Å². The summed E-state index contributed by atoms with van der Waals surface area (Å²) in [7, 11) is 0. The first-order valence-electron chi connectivity index (χ1n) is 4.18. The Morgan fingerprint density at radius 1 is 1.60 bits per heavy atom. The van der Waals surface area contributed by atoms with Crippen LogP contribution in [0.25, 0.3) is 16.5 Å². The zero-order valence-corrected chi connectivity index (χ0v) is 7.83. The molecule has 5 nitrogen and oxygen atoms in total. The number of hydrogen-bond donors (Lipinski definition) is 1. The van der Waals surface area contributed by atoms with E-state index in [0.29, 0.717) is 0 Å². The van der Waals surface area contributed by atoms with E-state index in [2.05, 4.69) is 10.0 Å². The predicted molar refractivity (Wildman–Crippen MR) is 55.9 cm³/mol. The average molecular weight is 200 g/mol. The van der Waals surface area contributed by atoms with Crippen molar-refractivity contribution in [2.45, 2.75) is 0 Å². The highest BCUT2D eigenvalue weighted by Crippen LogP contribution is 2.17. The summed E-state index contributed by atoms with van der Waals surface area (Å²) >= 11 is 0. The van der Waals surface area contributed by atoms with E-state index in [1.807, 2.05) is 6.07 Å². The summed E-state index contributed by atoms with van der Waals surface area (Å²) in [6.45, 7) is 0.263. The van der Waals surface area contributed by atoms with E-state index in [1.54, 1.807) is 24.3 Å². The molecule has 1 aromatic carbocycles. The molecule has 0 fully saturated rings. The first kappa shape index (κ1) is 10.6. The lowest BCUT2D eigenvalue weighted by Gasteiger charge is -1.97. The Morgan fingerprint density at radius 3 is 3.07 bits per heavy atom. The molecule has 5 heteroatoms. The molecule has 0 saturated carbocycles. The maximum Gasteiger partial charge on any atom is 0.133 e. The fraction of sp³-hybridized carbons (Fsp3) is 0.100. The summed E-state index contributed by atoms with van der Waals surface area (Å²) < 4.78 is 0. The molecule has 0 unspecified atom stereocenters. The van der Waals surface area contributed by atoms with E-state index >= 15 is 0 Å². The monoisotopic (exact) mass is 200 g/mol. The van der Waals surface area contributed by atoms with Crippen molar-refractivity contribution in [1.29, 1.82) is 5.26 Å². The second-order valence-electron chi connectivity index (χ2n) is 2.70. The van der Waals surface area contributed by atoms with Crippen LogP contribution in [0, 0.1) is 11.3 Å². The van der Waals surface area contributed by atoms with Gasteiger partial charge < -0.3 is 5.11 Å². The van der Waals surface area contributed by atoms with Gasteiger partial charge in [-0.1, -0.05) is 23.3 Å². The number of phenols is 1. The van der Waals surface area contributed by atoms with Crippen molar-refractivity contribution in [3.63, 3.8) is 0 Å². The molecule has 0 radical (unpaired) electrons. The van der Waals surface area contributed by atoms with Gasteiger partial charge in [-0.25, -0.2) is 0 Å². The number of hydrogen-bond acceptors (Lipinski definition) is 3. The van der Waals surface area contributed by atoms with Gasteiger partial charge in [0.15, 0.2) is 0 Å². The summed E-state index contributed by atoms with van der Waals surface area (Å²) in [6, 6.07) is 6.55. The van der Waals surface area contributed by atoms with E-state index in [9.17, 15) is 5.11 Å². The minimum Gasteiger partial charge on any atom is -0.507 e. The average Bonchev–Trinajstić information content (AvgIpc) is 2.26. The summed E-state index contributed by atoms with van der Waals surface area (Å²) in [5.74, 6) is -0.0373. The molecule has 0 heterocycles. The predicted octanol–water partition coefficient (Wildman–Crippen LogP) is 2.59. The number of rotatable bonds is 3. The van der Waals surface area contributed by atoms with Gasteiger partial charge in [0.05, 0.1) is 5.56 Å². The number of azide groups is 1. The SMILES string of the molecule is N#Cc1cc(C=CCN=[N+]=[N-])ccc1O. The number of nitrogens with zero attached hydrogens (tertiary/aromatic N) is 4. The van der Waals surface area contributed by atoms with E-state index in [1.165, 1.54) is 6.07 Å². The Hall–Kier alpha value is -2.44. The lowest BCUT2D eigenvalue weighted by Crippen LogP contribution is -1.79. The van der Waals surface area contributed by atoms with E-state index in [4.69, 9.17) is 10.8 Å². The first-order valence-corrected chi connectivity index (χ1v) is 4.18. The fourth-order valence-corrected chi connectivity index (χ4v) is 1.02. The lowest BCUT2D eigenvalue weighted by atomic mass is 10.1. The van der Waals surface area contributed by atoms with Crippen LogP contribution in [0.1, 0.15) is 11.1 Å². The van der Waals surface area contributed by atoms with Gasteiger partial charge in [-0.2, -0.15) is 5.26 Å². The van der Waals surface area contributed by atoms with Gasteiger partial charge in [0, 0.05) is 11.5 Å². The van der Waals surface area contributed by atoms with Crippen LogP contribution in [0.5, 0.6) is 5.75 Å². The topological polar surface area (TPSA) is 92.8 Å². The third kappa shape index (κ3) is 3.07. The quantitative estimate of drug-likeness (QED) is 0.461. The van der Waals surface area contributed by atoms with Gasteiger partial charge in [-0.15, -0.1) is 0 Å². The summed E-state index contributed by atoms with van der Waals surface area (Å²) in [6.07, 6.45) is 3.39. The summed E-state index contributed by atoms with van der Waals surface area (Å²) in [5, 5.41) is 21.2. The maximum atomic E-state index is 9.23. The standard InChI is InChI=1S/C10H8N4O/c11-7-9-6-8(3-4-10(9)15)2-1-5-13-14-12/h1-4,6,15H,5H2. The molecule has 0 bridgehead atoms. The summed E-state index contributed by atoms with van der Waals surface area (Å²) in [5.41, 5.74) is 9.03. The molecular weight excluding hydrogens is 192 g/mol. The van der Waals surface area contributed by atoms with Gasteiger partial charge >= 0.3 is 0 Å².